The highest BCUT2D eigenvalue weighted by Gasteiger charge is 2.48. The molecule has 2 aromatic carbocycles. The monoisotopic (exact) mass is 775 g/mol. The van der Waals surface area contributed by atoms with Gasteiger partial charge in [-0.05, 0) is 88.8 Å². The quantitative estimate of drug-likeness (QED) is 0.233. The van der Waals surface area contributed by atoms with Crippen LogP contribution in [0.2, 0.25) is 5.02 Å². The number of pyridine rings is 1. The summed E-state index contributed by atoms with van der Waals surface area (Å²) in [5.41, 5.74) is 0.0868. The molecule has 53 heavy (non-hydrogen) atoms. The van der Waals surface area contributed by atoms with Crippen LogP contribution in [0.1, 0.15) is 69.6 Å². The molecule has 1 saturated carbocycles. The molecule has 2 aliphatic rings. The number of rotatable bonds is 11. The number of carbonyl (C=O) groups is 3. The number of benzene rings is 2. The van der Waals surface area contributed by atoms with Crippen molar-refractivity contribution < 1.29 is 41.1 Å². The van der Waals surface area contributed by atoms with Gasteiger partial charge in [0.1, 0.15) is 23.3 Å². The van der Waals surface area contributed by atoms with Gasteiger partial charge < -0.3 is 25.0 Å². The molecule has 5 rings (SSSR count). The molecule has 2 heterocycles. The average Bonchev–Trinajstić information content (AvgIpc) is 3.94. The van der Waals surface area contributed by atoms with E-state index in [4.69, 9.17) is 21.1 Å². The number of piperazine rings is 1. The first-order chi connectivity index (χ1) is 25.0. The molecule has 286 valence electrons. The maximum absolute atomic E-state index is 15.7. The number of hydrogen-bond acceptors (Lipinski definition) is 8. The van der Waals surface area contributed by atoms with Gasteiger partial charge >= 0.3 is 12.2 Å². The smallest absolute Gasteiger partial charge is 0.410 e. The van der Waals surface area contributed by atoms with Crippen LogP contribution in [0.25, 0.3) is 0 Å². The maximum atomic E-state index is 15.7. The van der Waals surface area contributed by atoms with Crippen molar-refractivity contribution in [1.29, 1.82) is 0 Å². The molecule has 1 aliphatic carbocycles. The Morgan fingerprint density at radius 2 is 1.74 bits per heavy atom. The van der Waals surface area contributed by atoms with Gasteiger partial charge in [-0.3, -0.25) is 9.78 Å². The maximum Gasteiger partial charge on any atom is 0.410 e. The van der Waals surface area contributed by atoms with Gasteiger partial charge in [-0.1, -0.05) is 35.9 Å². The number of methoxy groups -OCH3 is 1. The van der Waals surface area contributed by atoms with Gasteiger partial charge in [0.15, 0.2) is 0 Å². The molecule has 0 bridgehead atoms. The lowest BCUT2D eigenvalue weighted by atomic mass is 9.84. The van der Waals surface area contributed by atoms with Crippen molar-refractivity contribution in [2.45, 2.75) is 88.3 Å². The number of carbonyl (C=O) groups excluding carboxylic acids is 3. The standard InChI is InChI=1S/C37H44ClF2N5O7S/c1-22-20-44(36(48)52-37(2,3)4)21-27(45(22)53(49,50)28-14-15-28)13-16-29-30(40)18-41-19-31(29)42-34(46)33(43-35(47)51-5)32(23-9-11-25(38)12-10-23)24-7-6-8-26(39)17-24/h6-12,17-19,22,27-28,32-33H,13-16,20-21H2,1-5H3,(H,42,46)(H,43,47)/t22-,27-,32-,33-/m0/s1. The summed E-state index contributed by atoms with van der Waals surface area (Å²) in [4.78, 5) is 45.4. The van der Waals surface area contributed by atoms with Gasteiger partial charge in [0, 0.05) is 41.7 Å². The minimum absolute atomic E-state index is 0.0150. The second-order valence-electron chi connectivity index (χ2n) is 14.3. The largest absolute Gasteiger partial charge is 0.453 e. The van der Waals surface area contributed by atoms with Crippen molar-refractivity contribution >= 4 is 45.4 Å². The lowest BCUT2D eigenvalue weighted by Crippen LogP contribution is -2.61. The molecule has 1 aliphatic heterocycles. The fourth-order valence-corrected chi connectivity index (χ4v) is 9.00. The second kappa shape index (κ2) is 16.4. The van der Waals surface area contributed by atoms with E-state index in [1.54, 1.807) is 58.0 Å². The highest BCUT2D eigenvalue weighted by atomic mass is 35.5. The molecule has 12 nitrogen and oxygen atoms in total. The van der Waals surface area contributed by atoms with Gasteiger partial charge in [-0.25, -0.2) is 26.8 Å². The van der Waals surface area contributed by atoms with E-state index >= 15 is 4.39 Å². The number of sulfonamides is 1. The molecule has 0 unspecified atom stereocenters. The van der Waals surface area contributed by atoms with Crippen LogP contribution in [0, 0.1) is 11.6 Å². The van der Waals surface area contributed by atoms with Crippen molar-refractivity contribution in [2.75, 3.05) is 25.5 Å². The lowest BCUT2D eigenvalue weighted by Gasteiger charge is -2.45. The van der Waals surface area contributed by atoms with Crippen LogP contribution in [0.5, 0.6) is 0 Å². The summed E-state index contributed by atoms with van der Waals surface area (Å²) in [5, 5.41) is 5.14. The Labute approximate surface area is 313 Å². The summed E-state index contributed by atoms with van der Waals surface area (Å²) in [7, 11) is -2.59. The van der Waals surface area contributed by atoms with Crippen molar-refractivity contribution in [3.63, 3.8) is 0 Å². The number of anilines is 1. The van der Waals surface area contributed by atoms with Gasteiger partial charge in [-0.2, -0.15) is 4.31 Å². The van der Waals surface area contributed by atoms with E-state index in [1.807, 2.05) is 0 Å². The van der Waals surface area contributed by atoms with E-state index in [0.717, 1.165) is 13.3 Å². The summed E-state index contributed by atoms with van der Waals surface area (Å²) in [6, 6.07) is 9.29. The van der Waals surface area contributed by atoms with Crippen LogP contribution >= 0.6 is 11.6 Å². The van der Waals surface area contributed by atoms with Crippen LogP contribution in [-0.2, 0) is 30.7 Å². The number of hydrogen-bond donors (Lipinski definition) is 2. The number of halogens is 3. The third-order valence-corrected chi connectivity index (χ3v) is 11.9. The molecule has 1 saturated heterocycles. The molecule has 16 heteroatoms. The van der Waals surface area contributed by atoms with E-state index in [9.17, 15) is 27.2 Å². The number of aromatic nitrogens is 1. The lowest BCUT2D eigenvalue weighted by molar-refractivity contribution is -0.118. The molecule has 2 N–H and O–H groups in total. The molecular formula is C37H44ClF2N5O7S. The molecule has 0 radical (unpaired) electrons. The minimum Gasteiger partial charge on any atom is -0.453 e. The molecule has 1 aromatic heterocycles. The van der Waals surface area contributed by atoms with Crippen LogP contribution in [0.3, 0.4) is 0 Å². The number of amides is 3. The Hall–Kier alpha value is -4.34. The fourth-order valence-electron chi connectivity index (χ4n) is 6.64. The Bertz CT molecular complexity index is 1920. The van der Waals surface area contributed by atoms with Gasteiger partial charge in [0.25, 0.3) is 0 Å². The van der Waals surface area contributed by atoms with Crippen molar-refractivity contribution in [3.05, 3.63) is 94.3 Å². The molecule has 3 amide bonds. The third-order valence-electron chi connectivity index (χ3n) is 9.10. The Balaban J connectivity index is 1.46. The van der Waals surface area contributed by atoms with Gasteiger partial charge in [0.05, 0.1) is 30.4 Å². The van der Waals surface area contributed by atoms with E-state index < -0.39 is 74.6 Å². The predicted octanol–water partition coefficient (Wildman–Crippen LogP) is 6.24. The first-order valence-corrected chi connectivity index (χ1v) is 19.2. The summed E-state index contributed by atoms with van der Waals surface area (Å²) in [6.45, 7) is 7.08. The Morgan fingerprint density at radius 1 is 1.04 bits per heavy atom. The average molecular weight is 776 g/mol. The molecule has 0 spiro atoms. The zero-order valence-corrected chi connectivity index (χ0v) is 31.7. The van der Waals surface area contributed by atoms with Gasteiger partial charge in [0.2, 0.25) is 15.9 Å². The third kappa shape index (κ3) is 9.81. The van der Waals surface area contributed by atoms with E-state index in [2.05, 4.69) is 15.6 Å². The van der Waals surface area contributed by atoms with Crippen molar-refractivity contribution in [1.82, 2.24) is 19.5 Å². The molecule has 4 atom stereocenters. The fraction of sp³-hybridized carbons (Fsp3) is 0.459. The zero-order chi connectivity index (χ0) is 38.7. The molecule has 3 aromatic rings. The van der Waals surface area contributed by atoms with Crippen LogP contribution < -0.4 is 10.6 Å². The highest BCUT2D eigenvalue weighted by Crippen LogP contribution is 2.37. The SMILES string of the molecule is COC(=O)N[C@H](C(=O)Nc1cncc(F)c1CC[C@H]1CN(C(=O)OC(C)(C)C)C[C@H](C)N1S(=O)(=O)C1CC1)[C@@H](c1ccc(Cl)cc1)c1cccc(F)c1. The van der Waals surface area contributed by atoms with E-state index in [1.165, 1.54) is 33.6 Å². The topological polar surface area (TPSA) is 147 Å². The number of ether oxygens (including phenoxy) is 2. The van der Waals surface area contributed by atoms with Crippen LogP contribution in [-0.4, -0.2) is 89.9 Å². The normalized spacial score (nSPS) is 19.2. The summed E-state index contributed by atoms with van der Waals surface area (Å²) in [5.74, 6) is -3.09. The highest BCUT2D eigenvalue weighted by molar-refractivity contribution is 7.90. The molecule has 2 fully saturated rings. The van der Waals surface area contributed by atoms with Crippen molar-refractivity contribution in [3.8, 4) is 0 Å². The number of nitrogens with zero attached hydrogens (tertiary/aromatic N) is 3. The van der Waals surface area contributed by atoms with Crippen molar-refractivity contribution in [2.24, 2.45) is 0 Å². The predicted molar refractivity (Wildman–Crippen MR) is 195 cm³/mol. The number of alkyl carbamates (subject to hydrolysis) is 1. The second-order valence-corrected chi connectivity index (χ2v) is 16.9. The van der Waals surface area contributed by atoms with Gasteiger partial charge in [-0.15, -0.1) is 0 Å². The first kappa shape index (κ1) is 39.9. The van der Waals surface area contributed by atoms with Crippen LogP contribution in [0.15, 0.2) is 60.9 Å². The summed E-state index contributed by atoms with van der Waals surface area (Å²) in [6.07, 6.45) is 1.80. The summed E-state index contributed by atoms with van der Waals surface area (Å²) < 4.78 is 69.4. The molecular weight excluding hydrogens is 732 g/mol. The number of nitrogens with one attached hydrogen (secondary N) is 2. The summed E-state index contributed by atoms with van der Waals surface area (Å²) >= 11 is 6.14. The first-order valence-electron chi connectivity index (χ1n) is 17.3. The Kier molecular flexibility index (Phi) is 12.3. The van der Waals surface area contributed by atoms with Crippen LogP contribution in [0.4, 0.5) is 24.1 Å². The minimum atomic E-state index is -3.72. The van der Waals surface area contributed by atoms with E-state index in [0.29, 0.717) is 29.0 Å². The Morgan fingerprint density at radius 3 is 2.36 bits per heavy atom. The van der Waals surface area contributed by atoms with E-state index in [-0.39, 0.29) is 37.2 Å². The zero-order valence-electron chi connectivity index (χ0n) is 30.1.